The number of rotatable bonds is 5. The lowest BCUT2D eigenvalue weighted by Crippen LogP contribution is -2.12. The van der Waals surface area contributed by atoms with Crippen LogP contribution >= 0.6 is 11.3 Å². The lowest BCUT2D eigenvalue weighted by atomic mass is 10.1. The Kier molecular flexibility index (Phi) is 5.03. The highest BCUT2D eigenvalue weighted by molar-refractivity contribution is 7.22. The molecule has 0 aliphatic carbocycles. The number of carbonyl (C=O) groups is 1. The molecule has 0 fully saturated rings. The minimum Gasteiger partial charge on any atom is -0.493 e. The highest BCUT2D eigenvalue weighted by Gasteiger charge is 2.16. The number of halogens is 2. The number of thiazole rings is 1. The van der Waals surface area contributed by atoms with Gasteiger partial charge >= 0.3 is 6.61 Å². The Morgan fingerprint density at radius 1 is 1.19 bits per heavy atom. The monoisotopic (exact) mass is 378 g/mol. The average Bonchev–Trinajstić information content (AvgIpc) is 2.97. The number of nitrogens with zero attached hydrogens (tertiary/aromatic N) is 1. The molecule has 0 radical (unpaired) electrons. The van der Waals surface area contributed by atoms with Gasteiger partial charge in [-0.15, -0.1) is 0 Å². The van der Waals surface area contributed by atoms with E-state index in [2.05, 4.69) is 15.0 Å². The highest BCUT2D eigenvalue weighted by Crippen LogP contribution is 2.31. The molecule has 0 aliphatic heterocycles. The molecule has 8 heteroatoms. The molecule has 1 heterocycles. The van der Waals surface area contributed by atoms with Gasteiger partial charge in [-0.25, -0.2) is 4.98 Å². The SMILES string of the molecule is COc1cc(C(=O)Nc2nc3c(C)cc(C)cc3s2)ccc1OC(F)F. The van der Waals surface area contributed by atoms with Gasteiger partial charge in [-0.2, -0.15) is 8.78 Å². The van der Waals surface area contributed by atoms with Crippen molar-refractivity contribution < 1.29 is 23.0 Å². The van der Waals surface area contributed by atoms with Gasteiger partial charge in [-0.1, -0.05) is 17.4 Å². The van der Waals surface area contributed by atoms with Gasteiger partial charge in [0.1, 0.15) is 0 Å². The normalized spacial score (nSPS) is 11.0. The summed E-state index contributed by atoms with van der Waals surface area (Å²) in [5, 5.41) is 3.19. The van der Waals surface area contributed by atoms with Gasteiger partial charge in [-0.05, 0) is 49.2 Å². The number of alkyl halides is 2. The largest absolute Gasteiger partial charge is 0.493 e. The summed E-state index contributed by atoms with van der Waals surface area (Å²) in [6.07, 6.45) is 0. The highest BCUT2D eigenvalue weighted by atomic mass is 32.1. The van der Waals surface area contributed by atoms with Gasteiger partial charge < -0.3 is 9.47 Å². The van der Waals surface area contributed by atoms with Crippen molar-refractivity contribution in [2.45, 2.75) is 20.5 Å². The summed E-state index contributed by atoms with van der Waals surface area (Å²) >= 11 is 1.37. The minimum absolute atomic E-state index is 0.0497. The van der Waals surface area contributed by atoms with E-state index >= 15 is 0 Å². The molecule has 0 saturated heterocycles. The van der Waals surface area contributed by atoms with Crippen LogP contribution in [-0.4, -0.2) is 24.6 Å². The van der Waals surface area contributed by atoms with E-state index in [4.69, 9.17) is 4.74 Å². The molecule has 5 nitrogen and oxygen atoms in total. The number of fused-ring (bicyclic) bond motifs is 1. The van der Waals surface area contributed by atoms with Crippen LogP contribution in [0, 0.1) is 13.8 Å². The average molecular weight is 378 g/mol. The van der Waals surface area contributed by atoms with E-state index in [1.165, 1.54) is 36.6 Å². The number of aryl methyl sites for hydroxylation is 2. The molecule has 136 valence electrons. The molecular weight excluding hydrogens is 362 g/mol. The van der Waals surface area contributed by atoms with Crippen LogP contribution in [0.5, 0.6) is 11.5 Å². The number of hydrogen-bond acceptors (Lipinski definition) is 5. The van der Waals surface area contributed by atoms with Gasteiger partial charge in [0.2, 0.25) is 0 Å². The fraction of sp³-hybridized carbons (Fsp3) is 0.222. The number of benzene rings is 2. The van der Waals surface area contributed by atoms with Crippen molar-refractivity contribution in [2.24, 2.45) is 0 Å². The van der Waals surface area contributed by atoms with Crippen molar-refractivity contribution in [3.63, 3.8) is 0 Å². The Hall–Kier alpha value is -2.74. The summed E-state index contributed by atoms with van der Waals surface area (Å²) < 4.78 is 35.1. The predicted octanol–water partition coefficient (Wildman–Crippen LogP) is 4.78. The van der Waals surface area contributed by atoms with E-state index in [0.717, 1.165) is 21.3 Å². The maximum absolute atomic E-state index is 12.5. The lowest BCUT2D eigenvalue weighted by molar-refractivity contribution is -0.0512. The van der Waals surface area contributed by atoms with Crippen molar-refractivity contribution in [3.05, 3.63) is 47.0 Å². The van der Waals surface area contributed by atoms with Crippen LogP contribution in [0.15, 0.2) is 30.3 Å². The predicted molar refractivity (Wildman–Crippen MR) is 96.7 cm³/mol. The standard InChI is InChI=1S/C18H16F2N2O3S/c1-9-6-10(2)15-14(7-9)26-18(21-15)22-16(23)11-4-5-12(25-17(19)20)13(8-11)24-3/h4-8,17H,1-3H3,(H,21,22,23). The lowest BCUT2D eigenvalue weighted by Gasteiger charge is -2.11. The molecule has 1 aromatic heterocycles. The fourth-order valence-corrected chi connectivity index (χ4v) is 3.63. The summed E-state index contributed by atoms with van der Waals surface area (Å²) in [6, 6.07) is 8.04. The first-order chi connectivity index (χ1) is 12.4. The number of hydrogen-bond donors (Lipinski definition) is 1. The summed E-state index contributed by atoms with van der Waals surface area (Å²) in [5.41, 5.74) is 3.24. The van der Waals surface area contributed by atoms with Crippen molar-refractivity contribution in [2.75, 3.05) is 12.4 Å². The van der Waals surface area contributed by atoms with Gasteiger partial charge in [0.15, 0.2) is 16.6 Å². The van der Waals surface area contributed by atoms with Crippen molar-refractivity contribution >= 4 is 32.6 Å². The van der Waals surface area contributed by atoms with E-state index in [1.54, 1.807) is 0 Å². The maximum atomic E-state index is 12.5. The molecule has 0 aliphatic rings. The van der Waals surface area contributed by atoms with Crippen molar-refractivity contribution in [1.82, 2.24) is 4.98 Å². The molecular formula is C18H16F2N2O3S. The van der Waals surface area contributed by atoms with E-state index in [-0.39, 0.29) is 17.1 Å². The van der Waals surface area contributed by atoms with Crippen LogP contribution in [0.4, 0.5) is 13.9 Å². The Labute approximate surface area is 152 Å². The van der Waals surface area contributed by atoms with E-state index in [1.807, 2.05) is 26.0 Å². The maximum Gasteiger partial charge on any atom is 0.387 e. The van der Waals surface area contributed by atoms with Gasteiger partial charge in [0.05, 0.1) is 17.3 Å². The number of amides is 1. The molecule has 3 rings (SSSR count). The van der Waals surface area contributed by atoms with Crippen molar-refractivity contribution in [3.8, 4) is 11.5 Å². The number of methoxy groups -OCH3 is 1. The first-order valence-corrected chi connectivity index (χ1v) is 8.51. The second-order valence-electron chi connectivity index (χ2n) is 5.65. The Morgan fingerprint density at radius 2 is 1.96 bits per heavy atom. The fourth-order valence-electron chi connectivity index (χ4n) is 2.60. The first-order valence-electron chi connectivity index (χ1n) is 7.69. The third-order valence-electron chi connectivity index (χ3n) is 3.69. The van der Waals surface area contributed by atoms with Crippen LogP contribution in [0.1, 0.15) is 21.5 Å². The Bertz CT molecular complexity index is 972. The summed E-state index contributed by atoms with van der Waals surface area (Å²) in [4.78, 5) is 16.9. The number of ether oxygens (including phenoxy) is 2. The van der Waals surface area contributed by atoms with Gasteiger partial charge in [0.25, 0.3) is 5.91 Å². The number of anilines is 1. The molecule has 0 atom stereocenters. The van der Waals surface area contributed by atoms with Gasteiger partial charge in [0, 0.05) is 5.56 Å². The number of carbonyl (C=O) groups excluding carboxylic acids is 1. The summed E-state index contributed by atoms with van der Waals surface area (Å²) in [7, 11) is 1.31. The number of aromatic nitrogens is 1. The zero-order chi connectivity index (χ0) is 18.8. The van der Waals surface area contributed by atoms with Crippen molar-refractivity contribution in [1.29, 1.82) is 0 Å². The zero-order valence-electron chi connectivity index (χ0n) is 14.3. The van der Waals surface area contributed by atoms with Crippen LogP contribution < -0.4 is 14.8 Å². The quantitative estimate of drug-likeness (QED) is 0.694. The Balaban J connectivity index is 1.85. The molecule has 0 saturated carbocycles. The smallest absolute Gasteiger partial charge is 0.387 e. The first kappa shape index (κ1) is 18.1. The summed E-state index contributed by atoms with van der Waals surface area (Å²) in [6.45, 7) is 0.991. The molecule has 0 bridgehead atoms. The van der Waals surface area contributed by atoms with Gasteiger partial charge in [-0.3, -0.25) is 10.1 Å². The molecule has 1 amide bonds. The second-order valence-corrected chi connectivity index (χ2v) is 6.68. The van der Waals surface area contributed by atoms with Crippen LogP contribution in [0.2, 0.25) is 0 Å². The molecule has 1 N–H and O–H groups in total. The van der Waals surface area contributed by atoms with Crippen LogP contribution in [-0.2, 0) is 0 Å². The van der Waals surface area contributed by atoms with E-state index < -0.39 is 12.5 Å². The minimum atomic E-state index is -2.97. The topological polar surface area (TPSA) is 60.5 Å². The van der Waals surface area contributed by atoms with Crippen LogP contribution in [0.3, 0.4) is 0 Å². The summed E-state index contributed by atoms with van der Waals surface area (Å²) in [5.74, 6) is -0.501. The van der Waals surface area contributed by atoms with Crippen LogP contribution in [0.25, 0.3) is 10.2 Å². The molecule has 3 aromatic rings. The van der Waals surface area contributed by atoms with E-state index in [0.29, 0.717) is 5.13 Å². The zero-order valence-corrected chi connectivity index (χ0v) is 15.1. The number of nitrogens with one attached hydrogen (secondary N) is 1. The molecule has 26 heavy (non-hydrogen) atoms. The molecule has 0 spiro atoms. The molecule has 2 aromatic carbocycles. The van der Waals surface area contributed by atoms with E-state index in [9.17, 15) is 13.6 Å². The second kappa shape index (κ2) is 7.25. The third-order valence-corrected chi connectivity index (χ3v) is 4.61. The molecule has 0 unspecified atom stereocenters. The third kappa shape index (κ3) is 3.75. The Morgan fingerprint density at radius 3 is 2.65 bits per heavy atom.